The van der Waals surface area contributed by atoms with Gasteiger partial charge in [0.2, 0.25) is 18.2 Å². The van der Waals surface area contributed by atoms with Crippen LogP contribution in [0.15, 0.2) is 31.0 Å². The Kier molecular flexibility index (Phi) is 7.83. The molecule has 2 saturated heterocycles. The van der Waals surface area contributed by atoms with Gasteiger partial charge < -0.3 is 33.9 Å². The van der Waals surface area contributed by atoms with E-state index in [0.717, 1.165) is 41.4 Å². The van der Waals surface area contributed by atoms with E-state index in [2.05, 4.69) is 63.3 Å². The zero-order chi connectivity index (χ0) is 30.2. The summed E-state index contributed by atoms with van der Waals surface area (Å²) in [5, 5.41) is 8.45. The molecule has 0 aliphatic carbocycles. The van der Waals surface area contributed by atoms with Gasteiger partial charge in [0.15, 0.2) is 11.6 Å². The number of aryl methyl sites for hydroxylation is 1. The summed E-state index contributed by atoms with van der Waals surface area (Å²) in [5.41, 5.74) is 3.25. The summed E-state index contributed by atoms with van der Waals surface area (Å²) in [5.74, 6) is 1.68. The number of carbonyl (C=O) groups excluding carboxylic acids is 1. The summed E-state index contributed by atoms with van der Waals surface area (Å²) in [6.45, 7) is 18.5. The zero-order valence-electron chi connectivity index (χ0n) is 25.3. The first-order valence-corrected chi connectivity index (χ1v) is 14.9. The van der Waals surface area contributed by atoms with Crippen LogP contribution in [-0.2, 0) is 4.79 Å². The number of anilines is 2. The van der Waals surface area contributed by atoms with Gasteiger partial charge in [-0.05, 0) is 63.6 Å². The number of hydrogen-bond donors (Lipinski definition) is 1. The van der Waals surface area contributed by atoms with Crippen molar-refractivity contribution in [3.05, 3.63) is 53.5 Å². The molecule has 0 bridgehead atoms. The second-order valence-corrected chi connectivity index (χ2v) is 11.8. The van der Waals surface area contributed by atoms with Crippen LogP contribution in [0.5, 0.6) is 11.8 Å². The number of ether oxygens (including phenoxy) is 2. The predicted molar refractivity (Wildman–Crippen MR) is 165 cm³/mol. The fraction of sp³-hybridized carbons (Fsp3) is 0.516. The highest BCUT2D eigenvalue weighted by molar-refractivity contribution is 5.88. The van der Waals surface area contributed by atoms with E-state index < -0.39 is 0 Å². The maximum atomic E-state index is 12.6. The summed E-state index contributed by atoms with van der Waals surface area (Å²) in [4.78, 5) is 34.3. The van der Waals surface area contributed by atoms with Gasteiger partial charge in [0, 0.05) is 38.1 Å². The molecule has 1 aromatic carbocycles. The first-order valence-electron chi connectivity index (χ1n) is 14.9. The third-order valence-corrected chi connectivity index (χ3v) is 9.11. The van der Waals surface area contributed by atoms with E-state index in [1.54, 1.807) is 4.90 Å². The van der Waals surface area contributed by atoms with Gasteiger partial charge in [-0.3, -0.25) is 9.89 Å². The minimum Gasteiger partial charge on any atom is -0.481 e. The van der Waals surface area contributed by atoms with Crippen molar-refractivity contribution in [2.45, 2.75) is 50.9 Å². The van der Waals surface area contributed by atoms with Gasteiger partial charge in [-0.15, -0.1) is 0 Å². The number of piperazine rings is 1. The van der Waals surface area contributed by atoms with Crippen LogP contribution >= 0.6 is 0 Å². The van der Waals surface area contributed by atoms with Crippen LogP contribution in [0.1, 0.15) is 36.9 Å². The molecule has 2 aromatic heterocycles. The van der Waals surface area contributed by atoms with Gasteiger partial charge in [0.05, 0.1) is 17.8 Å². The fourth-order valence-electron chi connectivity index (χ4n) is 6.77. The van der Waals surface area contributed by atoms with Crippen molar-refractivity contribution in [1.29, 1.82) is 0 Å². The molecule has 0 radical (unpaired) electrons. The number of aromatic amines is 1. The van der Waals surface area contributed by atoms with Crippen molar-refractivity contribution in [3.8, 4) is 11.8 Å². The molecule has 3 aliphatic heterocycles. The molecule has 0 saturated carbocycles. The molecule has 0 spiro atoms. The number of benzene rings is 1. The van der Waals surface area contributed by atoms with E-state index in [0.29, 0.717) is 55.7 Å². The van der Waals surface area contributed by atoms with Crippen LogP contribution in [0.3, 0.4) is 0 Å². The van der Waals surface area contributed by atoms with Gasteiger partial charge in [0.1, 0.15) is 18.8 Å². The van der Waals surface area contributed by atoms with Gasteiger partial charge in [-0.25, -0.2) is 6.57 Å². The lowest BCUT2D eigenvalue weighted by Crippen LogP contribution is -2.56. The Balaban J connectivity index is 1.40. The molecule has 12 nitrogen and oxygen atoms in total. The van der Waals surface area contributed by atoms with Gasteiger partial charge >= 0.3 is 6.01 Å². The number of likely N-dealkylation sites (tertiary alicyclic amines) is 1. The normalized spacial score (nSPS) is 24.0. The average Bonchev–Trinajstić information content (AvgIpc) is 3.65. The van der Waals surface area contributed by atoms with Gasteiger partial charge in [-0.1, -0.05) is 12.6 Å². The molecule has 5 heterocycles. The van der Waals surface area contributed by atoms with Gasteiger partial charge in [0.25, 0.3) is 0 Å². The summed E-state index contributed by atoms with van der Waals surface area (Å²) in [6, 6.07) is 4.32. The van der Waals surface area contributed by atoms with Crippen LogP contribution in [0, 0.1) is 13.5 Å². The van der Waals surface area contributed by atoms with E-state index >= 15 is 0 Å². The second kappa shape index (κ2) is 11.7. The molecule has 6 rings (SSSR count). The molecular weight excluding hydrogens is 546 g/mol. The maximum Gasteiger partial charge on any atom is 0.320 e. The molecule has 43 heavy (non-hydrogen) atoms. The first kappa shape index (κ1) is 28.7. The van der Waals surface area contributed by atoms with Crippen molar-refractivity contribution in [2.24, 2.45) is 0 Å². The van der Waals surface area contributed by atoms with E-state index in [-0.39, 0.29) is 30.6 Å². The Morgan fingerprint density at radius 1 is 1.23 bits per heavy atom. The second-order valence-electron chi connectivity index (χ2n) is 11.8. The van der Waals surface area contributed by atoms with E-state index in [9.17, 15) is 4.79 Å². The SMILES string of the molecule is [C-]#[N+]C[C@H]1CN(c2nc(OC[C@@H]3CCCN3C)nc3c2O[C@@H](C)C(c2c(C)ccc4[nH]ncc24)N3C)CCN1C(=O)C=C. The highest BCUT2D eigenvalue weighted by Crippen LogP contribution is 2.47. The molecule has 3 aliphatic rings. The van der Waals surface area contributed by atoms with Crippen LogP contribution in [0.25, 0.3) is 15.7 Å². The number of hydrogen-bond acceptors (Lipinski definition) is 9. The van der Waals surface area contributed by atoms with Crippen LogP contribution in [-0.4, -0.2) is 107 Å². The number of likely N-dealkylation sites (N-methyl/N-ethyl adjacent to an activating group) is 2. The van der Waals surface area contributed by atoms with Crippen molar-refractivity contribution >= 4 is 28.4 Å². The molecule has 3 aromatic rings. The standard InChI is InChI=1S/C31H39N9O3/c1-7-25(41)40-14-13-39(17-22(40)15-32-4)30-28-29(34-31(35-30)42-18-21-9-8-12-37(21)5)38(6)27(20(3)43-28)26-19(2)10-11-24-23(26)16-33-36-24/h7,10-11,16,20-22,27H,1,8-9,12-15,17-18H2,2-3,5-6H3,(H,33,36)/t20-,21-,22-,27?/m0/s1. The lowest BCUT2D eigenvalue weighted by molar-refractivity contribution is -0.128. The number of H-pyrrole nitrogens is 1. The molecule has 1 unspecified atom stereocenters. The number of nitrogens with one attached hydrogen (secondary N) is 1. The molecule has 12 heteroatoms. The van der Waals surface area contributed by atoms with E-state index in [1.165, 1.54) is 6.08 Å². The van der Waals surface area contributed by atoms with Crippen LogP contribution < -0.4 is 19.3 Å². The Morgan fingerprint density at radius 3 is 2.79 bits per heavy atom. The number of fused-ring (bicyclic) bond motifs is 2. The maximum absolute atomic E-state index is 12.6. The number of aromatic nitrogens is 4. The summed E-state index contributed by atoms with van der Waals surface area (Å²) in [7, 11) is 4.16. The Hall–Kier alpha value is -4.37. The first-order chi connectivity index (χ1) is 20.8. The Bertz CT molecular complexity index is 1570. The zero-order valence-corrected chi connectivity index (χ0v) is 25.3. The number of nitrogens with zero attached hydrogens (tertiary/aromatic N) is 8. The van der Waals surface area contributed by atoms with Crippen molar-refractivity contribution in [1.82, 2.24) is 30.0 Å². The van der Waals surface area contributed by atoms with Crippen molar-refractivity contribution in [2.75, 3.05) is 63.2 Å². The summed E-state index contributed by atoms with van der Waals surface area (Å²) >= 11 is 0. The minimum absolute atomic E-state index is 0.137. The lowest BCUT2D eigenvalue weighted by Gasteiger charge is -2.43. The number of rotatable bonds is 7. The number of amides is 1. The molecule has 226 valence electrons. The summed E-state index contributed by atoms with van der Waals surface area (Å²) in [6.07, 6.45) is 5.16. The predicted octanol–water partition coefficient (Wildman–Crippen LogP) is 3.22. The highest BCUT2D eigenvalue weighted by atomic mass is 16.5. The van der Waals surface area contributed by atoms with Crippen molar-refractivity contribution in [3.63, 3.8) is 0 Å². The molecule has 4 atom stereocenters. The molecular formula is C31H39N9O3. The summed E-state index contributed by atoms with van der Waals surface area (Å²) < 4.78 is 13.0. The average molecular weight is 586 g/mol. The number of carbonyl (C=O) groups is 1. The quantitative estimate of drug-likeness (QED) is 0.330. The molecule has 2 fully saturated rings. The van der Waals surface area contributed by atoms with Crippen molar-refractivity contribution < 1.29 is 14.3 Å². The largest absolute Gasteiger partial charge is 0.481 e. The monoisotopic (exact) mass is 585 g/mol. The van der Waals surface area contributed by atoms with Crippen LogP contribution in [0.4, 0.5) is 11.6 Å². The molecule has 1 amide bonds. The van der Waals surface area contributed by atoms with E-state index in [4.69, 9.17) is 26.0 Å². The smallest absolute Gasteiger partial charge is 0.320 e. The third-order valence-electron chi connectivity index (χ3n) is 9.11. The third kappa shape index (κ3) is 5.22. The Labute approximate surface area is 252 Å². The lowest BCUT2D eigenvalue weighted by atomic mass is 9.92. The molecule has 1 N–H and O–H groups in total. The van der Waals surface area contributed by atoms with E-state index in [1.807, 2.05) is 19.3 Å². The van der Waals surface area contributed by atoms with Crippen LogP contribution in [0.2, 0.25) is 0 Å². The van der Waals surface area contributed by atoms with Gasteiger partial charge in [-0.2, -0.15) is 15.1 Å². The Morgan fingerprint density at radius 2 is 2.05 bits per heavy atom. The topological polar surface area (TPSA) is 107 Å². The highest BCUT2D eigenvalue weighted by Gasteiger charge is 2.41. The minimum atomic E-state index is -0.299. The fourth-order valence-corrected chi connectivity index (χ4v) is 6.77.